The van der Waals surface area contributed by atoms with Gasteiger partial charge in [0.15, 0.2) is 0 Å². The Bertz CT molecular complexity index is 504. The highest BCUT2D eigenvalue weighted by atomic mass is 32.1. The highest BCUT2D eigenvalue weighted by Gasteiger charge is 2.38. The van der Waals surface area contributed by atoms with Gasteiger partial charge in [0.1, 0.15) is 5.82 Å². The van der Waals surface area contributed by atoms with Crippen LogP contribution in [0.15, 0.2) is 18.2 Å². The normalized spacial score (nSPS) is 17.2. The zero-order valence-electron chi connectivity index (χ0n) is 10.8. The fraction of sp³-hybridized carbons (Fsp3) is 0.429. The molecule has 1 aliphatic carbocycles. The molecule has 0 spiro atoms. The van der Waals surface area contributed by atoms with Crippen LogP contribution in [-0.4, -0.2) is 16.4 Å². The molecule has 0 radical (unpaired) electrons. The first-order chi connectivity index (χ1) is 8.93. The van der Waals surface area contributed by atoms with Crippen molar-refractivity contribution in [1.29, 1.82) is 0 Å². The minimum Gasteiger partial charge on any atom is -0.391 e. The lowest BCUT2D eigenvalue weighted by atomic mass is 9.96. The van der Waals surface area contributed by atoms with Gasteiger partial charge in [-0.3, -0.25) is 4.79 Å². The largest absolute Gasteiger partial charge is 0.391 e. The lowest BCUT2D eigenvalue weighted by Gasteiger charge is -2.29. The van der Waals surface area contributed by atoms with Crippen LogP contribution in [0.1, 0.15) is 41.6 Å². The number of carbonyl (C=O) groups is 1. The number of hydrogen-bond donors (Lipinski definition) is 2. The Balaban J connectivity index is 2.22. The smallest absolute Gasteiger partial charge is 0.252 e. The summed E-state index contributed by atoms with van der Waals surface area (Å²) in [5.74, 6) is -0.738. The summed E-state index contributed by atoms with van der Waals surface area (Å²) < 4.78 is 13.3. The molecule has 1 aliphatic rings. The van der Waals surface area contributed by atoms with Crippen molar-refractivity contribution >= 4 is 23.1 Å². The lowest BCUT2D eigenvalue weighted by molar-refractivity contribution is 0.0924. The molecule has 2 rings (SSSR count). The number of nitrogens with one attached hydrogen (secondary N) is 1. The van der Waals surface area contributed by atoms with Crippen molar-refractivity contribution in [1.82, 2.24) is 5.32 Å². The van der Waals surface area contributed by atoms with Gasteiger partial charge in [-0.25, -0.2) is 4.39 Å². The monoisotopic (exact) mass is 280 g/mol. The summed E-state index contributed by atoms with van der Waals surface area (Å²) in [6.07, 6.45) is 3.48. The van der Waals surface area contributed by atoms with Gasteiger partial charge in [0, 0.05) is 5.56 Å². The standard InChI is InChI=1S/C14H17FN2OS/c1-9-6-10(8-11(15)7-9)12(18)17-14(13(16)19)4-2-3-5-14/h6-8H,2-5H2,1H3,(H2,16,19)(H,17,18). The lowest BCUT2D eigenvalue weighted by Crippen LogP contribution is -2.54. The van der Waals surface area contributed by atoms with E-state index in [9.17, 15) is 9.18 Å². The van der Waals surface area contributed by atoms with Gasteiger partial charge in [-0.15, -0.1) is 0 Å². The highest BCUT2D eigenvalue weighted by molar-refractivity contribution is 7.80. The number of amides is 1. The van der Waals surface area contributed by atoms with Gasteiger partial charge in [-0.2, -0.15) is 0 Å². The molecule has 0 unspecified atom stereocenters. The van der Waals surface area contributed by atoms with Gasteiger partial charge in [0.05, 0.1) is 10.5 Å². The molecule has 19 heavy (non-hydrogen) atoms. The summed E-state index contributed by atoms with van der Waals surface area (Å²) >= 11 is 5.08. The molecule has 0 atom stereocenters. The highest BCUT2D eigenvalue weighted by Crippen LogP contribution is 2.30. The van der Waals surface area contributed by atoms with Crippen molar-refractivity contribution in [2.45, 2.75) is 38.1 Å². The van der Waals surface area contributed by atoms with Crippen molar-refractivity contribution in [2.75, 3.05) is 0 Å². The summed E-state index contributed by atoms with van der Waals surface area (Å²) in [6, 6.07) is 4.26. The molecule has 1 saturated carbocycles. The Kier molecular flexibility index (Phi) is 3.85. The van der Waals surface area contributed by atoms with Crippen molar-refractivity contribution in [3.63, 3.8) is 0 Å². The zero-order valence-corrected chi connectivity index (χ0v) is 11.6. The van der Waals surface area contributed by atoms with Gasteiger partial charge in [0.25, 0.3) is 5.91 Å². The molecule has 102 valence electrons. The first-order valence-corrected chi connectivity index (χ1v) is 6.73. The second-order valence-electron chi connectivity index (χ2n) is 5.12. The molecule has 3 N–H and O–H groups in total. The number of aryl methyl sites for hydroxylation is 1. The molecule has 1 aromatic rings. The second-order valence-corrected chi connectivity index (χ2v) is 5.56. The maximum atomic E-state index is 13.3. The maximum absolute atomic E-state index is 13.3. The van der Waals surface area contributed by atoms with Crippen LogP contribution in [0.4, 0.5) is 4.39 Å². The molecule has 0 aliphatic heterocycles. The SMILES string of the molecule is Cc1cc(F)cc(C(=O)NC2(C(N)=S)CCCC2)c1. The molecule has 0 heterocycles. The van der Waals surface area contributed by atoms with E-state index >= 15 is 0 Å². The number of hydrogen-bond acceptors (Lipinski definition) is 2. The molecular weight excluding hydrogens is 263 g/mol. The van der Waals surface area contributed by atoms with E-state index < -0.39 is 11.4 Å². The topological polar surface area (TPSA) is 55.1 Å². The Labute approximate surface area is 117 Å². The first-order valence-electron chi connectivity index (χ1n) is 6.33. The van der Waals surface area contributed by atoms with Gasteiger partial charge in [0.2, 0.25) is 0 Å². The summed E-state index contributed by atoms with van der Waals surface area (Å²) in [5, 5.41) is 2.89. The fourth-order valence-corrected chi connectivity index (χ4v) is 2.82. The van der Waals surface area contributed by atoms with Crippen LogP contribution in [-0.2, 0) is 0 Å². The van der Waals surface area contributed by atoms with Crippen LogP contribution in [0.25, 0.3) is 0 Å². The number of carbonyl (C=O) groups excluding carboxylic acids is 1. The molecule has 5 heteroatoms. The average molecular weight is 280 g/mol. The zero-order chi connectivity index (χ0) is 14.0. The third-order valence-corrected chi connectivity index (χ3v) is 3.98. The van der Waals surface area contributed by atoms with Crippen LogP contribution < -0.4 is 11.1 Å². The van der Waals surface area contributed by atoms with E-state index in [-0.39, 0.29) is 5.91 Å². The molecule has 3 nitrogen and oxygen atoms in total. The van der Waals surface area contributed by atoms with E-state index in [2.05, 4.69) is 5.32 Å². The van der Waals surface area contributed by atoms with Crippen LogP contribution in [0, 0.1) is 12.7 Å². The molecule has 1 fully saturated rings. The predicted molar refractivity (Wildman–Crippen MR) is 76.6 cm³/mol. The molecular formula is C14H17FN2OS. The van der Waals surface area contributed by atoms with Crippen molar-refractivity contribution in [3.8, 4) is 0 Å². The Morgan fingerprint density at radius 1 is 1.37 bits per heavy atom. The molecule has 1 amide bonds. The minimum absolute atomic E-state index is 0.306. The Hall–Kier alpha value is -1.49. The Morgan fingerprint density at radius 3 is 2.53 bits per heavy atom. The van der Waals surface area contributed by atoms with E-state index in [1.807, 2.05) is 0 Å². The summed E-state index contributed by atoms with van der Waals surface area (Å²) in [5.41, 5.74) is 6.17. The van der Waals surface area contributed by atoms with Crippen LogP contribution in [0.3, 0.4) is 0 Å². The number of benzene rings is 1. The maximum Gasteiger partial charge on any atom is 0.252 e. The molecule has 0 aromatic heterocycles. The van der Waals surface area contributed by atoms with Gasteiger partial charge in [-0.05, 0) is 43.5 Å². The molecule has 0 saturated heterocycles. The first kappa shape index (κ1) is 13.9. The van der Waals surface area contributed by atoms with Crippen LogP contribution in [0.2, 0.25) is 0 Å². The van der Waals surface area contributed by atoms with Crippen molar-refractivity contribution in [3.05, 3.63) is 35.1 Å². The Morgan fingerprint density at radius 2 is 2.00 bits per heavy atom. The number of halogens is 1. The molecule has 1 aromatic carbocycles. The van der Waals surface area contributed by atoms with Crippen molar-refractivity contribution in [2.24, 2.45) is 5.73 Å². The summed E-state index contributed by atoms with van der Waals surface area (Å²) in [7, 11) is 0. The van der Waals surface area contributed by atoms with Gasteiger partial charge in [-0.1, -0.05) is 25.1 Å². The summed E-state index contributed by atoms with van der Waals surface area (Å²) in [6.45, 7) is 1.75. The summed E-state index contributed by atoms with van der Waals surface area (Å²) in [4.78, 5) is 12.5. The third-order valence-electron chi connectivity index (χ3n) is 3.59. The molecule has 0 bridgehead atoms. The van der Waals surface area contributed by atoms with Crippen molar-refractivity contribution < 1.29 is 9.18 Å². The average Bonchev–Trinajstić information content (AvgIpc) is 2.77. The van der Waals surface area contributed by atoms with Crippen LogP contribution >= 0.6 is 12.2 Å². The fourth-order valence-electron chi connectivity index (χ4n) is 2.57. The van der Waals surface area contributed by atoms with Crippen LogP contribution in [0.5, 0.6) is 0 Å². The quantitative estimate of drug-likeness (QED) is 0.836. The van der Waals surface area contributed by atoms with E-state index in [4.69, 9.17) is 18.0 Å². The van der Waals surface area contributed by atoms with E-state index in [1.54, 1.807) is 13.0 Å². The van der Waals surface area contributed by atoms with E-state index in [1.165, 1.54) is 12.1 Å². The minimum atomic E-state index is -0.605. The second kappa shape index (κ2) is 5.25. The predicted octanol–water partition coefficient (Wildman–Crippen LogP) is 2.46. The van der Waals surface area contributed by atoms with E-state index in [0.717, 1.165) is 25.7 Å². The number of rotatable bonds is 3. The number of nitrogens with two attached hydrogens (primary N) is 1. The number of thiocarbonyl (C=S) groups is 1. The van der Waals surface area contributed by atoms with E-state index in [0.29, 0.717) is 16.1 Å². The third kappa shape index (κ3) is 2.92. The van der Waals surface area contributed by atoms with Gasteiger partial charge >= 0.3 is 0 Å². The van der Waals surface area contributed by atoms with Gasteiger partial charge < -0.3 is 11.1 Å².